The fourth-order valence-corrected chi connectivity index (χ4v) is 2.12. The third-order valence-electron chi connectivity index (χ3n) is 2.77. The van der Waals surface area contributed by atoms with Gasteiger partial charge in [0.2, 0.25) is 6.79 Å². The highest BCUT2D eigenvalue weighted by Crippen LogP contribution is 2.41. The molecule has 0 radical (unpaired) electrons. The van der Waals surface area contributed by atoms with E-state index in [1.807, 2.05) is 0 Å². The van der Waals surface area contributed by atoms with Crippen molar-refractivity contribution < 1.29 is 27.8 Å². The summed E-state index contributed by atoms with van der Waals surface area (Å²) < 4.78 is 46.3. The number of alkyl halides is 3. The minimum Gasteiger partial charge on any atom is -0.454 e. The molecule has 0 bridgehead atoms. The fraction of sp³-hybridized carbons (Fsp3) is 0.500. The van der Waals surface area contributed by atoms with E-state index >= 15 is 0 Å². The van der Waals surface area contributed by atoms with Gasteiger partial charge in [-0.2, -0.15) is 13.2 Å². The maximum atomic E-state index is 12.0. The molecule has 1 unspecified atom stereocenters. The molecule has 2 rings (SSSR count). The monoisotopic (exact) mass is 296 g/mol. The first-order valence-corrected chi connectivity index (χ1v) is 6.08. The first-order chi connectivity index (χ1) is 8.87. The van der Waals surface area contributed by atoms with Gasteiger partial charge in [-0.3, -0.25) is 0 Å². The molecule has 1 aliphatic heterocycles. The first-order valence-electron chi connectivity index (χ1n) is 5.70. The van der Waals surface area contributed by atoms with Gasteiger partial charge in [0, 0.05) is 6.42 Å². The Morgan fingerprint density at radius 1 is 1.32 bits per heavy atom. The molecule has 1 N–H and O–H groups in total. The van der Waals surface area contributed by atoms with Crippen molar-refractivity contribution in [3.63, 3.8) is 0 Å². The van der Waals surface area contributed by atoms with E-state index in [0.29, 0.717) is 17.1 Å². The Balaban J connectivity index is 2.00. The maximum absolute atomic E-state index is 12.0. The molecule has 1 atom stereocenters. The van der Waals surface area contributed by atoms with Crippen LogP contribution in [0, 0.1) is 0 Å². The van der Waals surface area contributed by atoms with Gasteiger partial charge in [-0.25, -0.2) is 0 Å². The molecule has 3 nitrogen and oxygen atoms in total. The Morgan fingerprint density at radius 2 is 2.05 bits per heavy atom. The zero-order valence-electron chi connectivity index (χ0n) is 9.84. The van der Waals surface area contributed by atoms with Crippen LogP contribution in [0.25, 0.3) is 0 Å². The molecule has 0 spiro atoms. The van der Waals surface area contributed by atoms with Gasteiger partial charge in [-0.1, -0.05) is 11.6 Å². The third-order valence-corrected chi connectivity index (χ3v) is 3.05. The summed E-state index contributed by atoms with van der Waals surface area (Å²) in [6, 6.07) is 3.01. The molecule has 1 aliphatic rings. The van der Waals surface area contributed by atoms with Crippen LogP contribution in [0.3, 0.4) is 0 Å². The summed E-state index contributed by atoms with van der Waals surface area (Å²) >= 11 is 5.93. The van der Waals surface area contributed by atoms with E-state index in [1.165, 1.54) is 12.1 Å². The zero-order valence-corrected chi connectivity index (χ0v) is 10.6. The van der Waals surface area contributed by atoms with E-state index in [0.717, 1.165) is 0 Å². The van der Waals surface area contributed by atoms with Crippen molar-refractivity contribution in [3.05, 3.63) is 22.7 Å². The smallest absolute Gasteiger partial charge is 0.389 e. The summed E-state index contributed by atoms with van der Waals surface area (Å²) in [7, 11) is 0. The molecule has 0 aliphatic carbocycles. The topological polar surface area (TPSA) is 38.7 Å². The van der Waals surface area contributed by atoms with Crippen molar-refractivity contribution in [1.29, 1.82) is 0 Å². The second-order valence-corrected chi connectivity index (χ2v) is 4.67. The van der Waals surface area contributed by atoms with Gasteiger partial charge >= 0.3 is 6.18 Å². The number of halogens is 4. The lowest BCUT2D eigenvalue weighted by Crippen LogP contribution is -2.08. The number of ether oxygens (including phenoxy) is 2. The summed E-state index contributed by atoms with van der Waals surface area (Å²) in [4.78, 5) is 0. The lowest BCUT2D eigenvalue weighted by atomic mass is 10.0. The van der Waals surface area contributed by atoms with Crippen LogP contribution in [0.1, 0.15) is 30.9 Å². The third kappa shape index (κ3) is 3.67. The van der Waals surface area contributed by atoms with Crippen molar-refractivity contribution in [2.75, 3.05) is 6.79 Å². The Kier molecular flexibility index (Phi) is 4.10. The summed E-state index contributed by atoms with van der Waals surface area (Å²) in [5, 5.41) is 10.1. The predicted octanol–water partition coefficient (Wildman–Crippen LogP) is 3.83. The van der Waals surface area contributed by atoms with Gasteiger partial charge in [-0.05, 0) is 30.5 Å². The minimum absolute atomic E-state index is 0.00941. The van der Waals surface area contributed by atoms with E-state index in [-0.39, 0.29) is 24.7 Å². The highest BCUT2D eigenvalue weighted by Gasteiger charge is 2.27. The molecule has 0 aromatic heterocycles. The standard InChI is InChI=1S/C12H12ClF3O3/c13-8-4-7(5-10-11(8)19-6-18-10)9(17)2-1-3-12(14,15)16/h4-5,9,17H,1-3,6H2. The molecule has 0 saturated carbocycles. The molecule has 0 fully saturated rings. The molecule has 1 aromatic carbocycles. The highest BCUT2D eigenvalue weighted by molar-refractivity contribution is 6.32. The summed E-state index contributed by atoms with van der Waals surface area (Å²) in [6.45, 7) is 0.0443. The number of rotatable bonds is 4. The summed E-state index contributed by atoms with van der Waals surface area (Å²) in [5.41, 5.74) is 0.427. The minimum atomic E-state index is -4.20. The fourth-order valence-electron chi connectivity index (χ4n) is 1.84. The molecule has 7 heteroatoms. The molecule has 1 aromatic rings. The Bertz CT molecular complexity index is 462. The van der Waals surface area contributed by atoms with Gasteiger partial charge in [0.1, 0.15) is 0 Å². The van der Waals surface area contributed by atoms with Gasteiger partial charge in [0.25, 0.3) is 0 Å². The number of benzene rings is 1. The largest absolute Gasteiger partial charge is 0.454 e. The van der Waals surface area contributed by atoms with Crippen LogP contribution in [0.5, 0.6) is 11.5 Å². The Labute approximate surface area is 112 Å². The molecule has 0 saturated heterocycles. The van der Waals surface area contributed by atoms with Gasteiger partial charge < -0.3 is 14.6 Å². The van der Waals surface area contributed by atoms with E-state index in [4.69, 9.17) is 21.1 Å². The van der Waals surface area contributed by atoms with E-state index < -0.39 is 18.7 Å². The van der Waals surface area contributed by atoms with Gasteiger partial charge in [0.15, 0.2) is 11.5 Å². The van der Waals surface area contributed by atoms with Crippen LogP contribution < -0.4 is 9.47 Å². The average Bonchev–Trinajstić information content (AvgIpc) is 2.75. The molecule has 1 heterocycles. The number of hydrogen-bond acceptors (Lipinski definition) is 3. The molecule has 0 amide bonds. The van der Waals surface area contributed by atoms with Crippen LogP contribution in [-0.4, -0.2) is 18.1 Å². The van der Waals surface area contributed by atoms with Crippen molar-refractivity contribution in [2.24, 2.45) is 0 Å². The van der Waals surface area contributed by atoms with E-state index in [2.05, 4.69) is 0 Å². The van der Waals surface area contributed by atoms with Gasteiger partial charge in [-0.15, -0.1) is 0 Å². The Morgan fingerprint density at radius 3 is 2.74 bits per heavy atom. The van der Waals surface area contributed by atoms with Crippen LogP contribution in [0.15, 0.2) is 12.1 Å². The summed E-state index contributed by atoms with van der Waals surface area (Å²) in [6.07, 6.45) is -6.25. The van der Waals surface area contributed by atoms with E-state index in [9.17, 15) is 18.3 Å². The quantitative estimate of drug-likeness (QED) is 0.917. The number of aliphatic hydroxyl groups excluding tert-OH is 1. The van der Waals surface area contributed by atoms with Crippen molar-refractivity contribution in [3.8, 4) is 11.5 Å². The second-order valence-electron chi connectivity index (χ2n) is 4.26. The predicted molar refractivity (Wildman–Crippen MR) is 62.4 cm³/mol. The van der Waals surface area contributed by atoms with Crippen molar-refractivity contribution in [2.45, 2.75) is 31.5 Å². The van der Waals surface area contributed by atoms with Crippen LogP contribution in [0.4, 0.5) is 13.2 Å². The first kappa shape index (κ1) is 14.3. The van der Waals surface area contributed by atoms with Crippen molar-refractivity contribution >= 4 is 11.6 Å². The molecular weight excluding hydrogens is 285 g/mol. The van der Waals surface area contributed by atoms with Crippen LogP contribution >= 0.6 is 11.6 Å². The zero-order chi connectivity index (χ0) is 14.0. The highest BCUT2D eigenvalue weighted by atomic mass is 35.5. The number of fused-ring (bicyclic) bond motifs is 1. The normalized spacial score (nSPS) is 15.6. The van der Waals surface area contributed by atoms with Crippen molar-refractivity contribution in [1.82, 2.24) is 0 Å². The van der Waals surface area contributed by atoms with Gasteiger partial charge in [0.05, 0.1) is 11.1 Å². The lowest BCUT2D eigenvalue weighted by molar-refractivity contribution is -0.136. The second kappa shape index (κ2) is 5.46. The number of hydrogen-bond donors (Lipinski definition) is 1. The lowest BCUT2D eigenvalue weighted by Gasteiger charge is -2.13. The molecular formula is C12H12ClF3O3. The van der Waals surface area contributed by atoms with Crippen LogP contribution in [-0.2, 0) is 0 Å². The number of aliphatic hydroxyl groups is 1. The summed E-state index contributed by atoms with van der Waals surface area (Å²) in [5.74, 6) is 0.797. The molecule has 106 valence electrons. The molecule has 19 heavy (non-hydrogen) atoms. The average molecular weight is 297 g/mol. The maximum Gasteiger partial charge on any atom is 0.389 e. The van der Waals surface area contributed by atoms with E-state index in [1.54, 1.807) is 0 Å². The Hall–Kier alpha value is -1.14. The SMILES string of the molecule is OC(CCCC(F)(F)F)c1cc(Cl)c2c(c1)OCO2. The van der Waals surface area contributed by atoms with Crippen LogP contribution in [0.2, 0.25) is 5.02 Å².